The van der Waals surface area contributed by atoms with Crippen molar-refractivity contribution in [3.8, 4) is 0 Å². The van der Waals surface area contributed by atoms with Crippen LogP contribution in [0.3, 0.4) is 0 Å². The molecular weight excluding hydrogens is 320 g/mol. The first-order chi connectivity index (χ1) is 11.3. The molecule has 0 unspecified atom stereocenters. The molecule has 3 heterocycles. The van der Waals surface area contributed by atoms with Gasteiger partial charge in [0.1, 0.15) is 30.5 Å². The van der Waals surface area contributed by atoms with Crippen LogP contribution in [0.1, 0.15) is 33.1 Å². The van der Waals surface area contributed by atoms with Gasteiger partial charge in [0, 0.05) is 0 Å². The monoisotopic (exact) mass is 346 g/mol. The molecule has 8 heteroatoms. The fraction of sp³-hybridized carbons (Fsp3) is 0.938. The number of aliphatic hydroxyl groups excluding tert-OH is 2. The Bertz CT molecular complexity index is 467. The number of ether oxygens (including phenoxy) is 5. The molecule has 3 saturated heterocycles. The van der Waals surface area contributed by atoms with Crippen molar-refractivity contribution in [1.29, 1.82) is 0 Å². The van der Waals surface area contributed by atoms with Gasteiger partial charge in [-0.25, -0.2) is 0 Å². The molecule has 24 heavy (non-hydrogen) atoms. The number of carbonyl (C=O) groups excluding carboxylic acids is 1. The molecule has 3 aliphatic heterocycles. The first kappa shape index (κ1) is 18.0. The fourth-order valence-corrected chi connectivity index (χ4v) is 3.76. The summed E-state index contributed by atoms with van der Waals surface area (Å²) < 4.78 is 28.6. The molecule has 138 valence electrons. The second-order valence-electron chi connectivity index (χ2n) is 7.03. The largest absolute Gasteiger partial charge is 0.469 e. The highest BCUT2D eigenvalue weighted by atomic mass is 16.8. The second kappa shape index (κ2) is 6.86. The Morgan fingerprint density at radius 3 is 2.58 bits per heavy atom. The summed E-state index contributed by atoms with van der Waals surface area (Å²) in [6, 6.07) is 0. The van der Waals surface area contributed by atoms with E-state index in [-0.39, 0.29) is 30.7 Å². The number of methoxy groups -OCH3 is 1. The second-order valence-corrected chi connectivity index (χ2v) is 7.03. The summed E-state index contributed by atoms with van der Waals surface area (Å²) >= 11 is 0. The quantitative estimate of drug-likeness (QED) is 0.671. The molecule has 0 spiro atoms. The molecule has 3 rings (SSSR count). The lowest BCUT2D eigenvalue weighted by molar-refractivity contribution is -0.256. The summed E-state index contributed by atoms with van der Waals surface area (Å²) in [5.41, 5.74) is 0. The van der Waals surface area contributed by atoms with Gasteiger partial charge in [0.15, 0.2) is 5.79 Å². The van der Waals surface area contributed by atoms with Crippen molar-refractivity contribution in [2.75, 3.05) is 13.7 Å². The first-order valence-corrected chi connectivity index (χ1v) is 8.37. The minimum Gasteiger partial charge on any atom is -0.469 e. The van der Waals surface area contributed by atoms with E-state index in [2.05, 4.69) is 0 Å². The van der Waals surface area contributed by atoms with E-state index < -0.39 is 36.8 Å². The van der Waals surface area contributed by atoms with E-state index in [1.54, 1.807) is 13.8 Å². The predicted octanol–water partition coefficient (Wildman–Crippen LogP) is -0.262. The highest BCUT2D eigenvalue weighted by Crippen LogP contribution is 2.42. The Morgan fingerprint density at radius 1 is 1.21 bits per heavy atom. The topological polar surface area (TPSA) is 104 Å². The van der Waals surface area contributed by atoms with Gasteiger partial charge in [0.25, 0.3) is 0 Å². The standard InChI is InChI=1S/C16H26O8/c1-16(2)23-14-12(9(18)7-17)22-10-5-4-8(6-11(19)20-3)21-13(10)15(14)24-16/h8-10,12-15,17-18H,4-7H2,1-3H3/t8-,9+,10+,12+,13+,14-,15+/m1/s1. The number of esters is 1. The molecule has 0 aromatic heterocycles. The smallest absolute Gasteiger partial charge is 0.308 e. The molecule has 2 N–H and O–H groups in total. The fourth-order valence-electron chi connectivity index (χ4n) is 3.76. The summed E-state index contributed by atoms with van der Waals surface area (Å²) in [6.07, 6.45) is -2.10. The molecule has 0 aromatic carbocycles. The Balaban J connectivity index is 1.76. The maximum atomic E-state index is 11.5. The first-order valence-electron chi connectivity index (χ1n) is 8.37. The van der Waals surface area contributed by atoms with Crippen LogP contribution in [0.4, 0.5) is 0 Å². The van der Waals surface area contributed by atoms with Crippen LogP contribution in [0, 0.1) is 0 Å². The van der Waals surface area contributed by atoms with Crippen molar-refractivity contribution in [2.24, 2.45) is 0 Å². The Kier molecular flexibility index (Phi) is 5.15. The zero-order valence-electron chi connectivity index (χ0n) is 14.2. The van der Waals surface area contributed by atoms with Gasteiger partial charge < -0.3 is 33.9 Å². The van der Waals surface area contributed by atoms with Gasteiger partial charge in [-0.15, -0.1) is 0 Å². The van der Waals surface area contributed by atoms with E-state index in [9.17, 15) is 15.0 Å². The molecule has 0 bridgehead atoms. The number of hydrogen-bond donors (Lipinski definition) is 2. The highest BCUT2D eigenvalue weighted by Gasteiger charge is 2.58. The van der Waals surface area contributed by atoms with E-state index in [0.29, 0.717) is 12.8 Å². The van der Waals surface area contributed by atoms with E-state index >= 15 is 0 Å². The SMILES string of the molecule is COC(=O)C[C@H]1CC[C@@H]2O[C@@H]([C@@H](O)CO)[C@H]3OC(C)(C)O[C@H]3[C@H]2O1. The molecule has 3 aliphatic rings. The molecule has 0 aromatic rings. The van der Waals surface area contributed by atoms with E-state index in [0.717, 1.165) is 0 Å². The number of rotatable bonds is 4. The van der Waals surface area contributed by atoms with Crippen LogP contribution in [0.5, 0.6) is 0 Å². The molecule has 0 saturated carbocycles. The minimum absolute atomic E-state index is 0.185. The molecule has 0 radical (unpaired) electrons. The summed E-state index contributed by atoms with van der Waals surface area (Å²) in [5.74, 6) is -1.15. The van der Waals surface area contributed by atoms with Crippen molar-refractivity contribution >= 4 is 5.97 Å². The normalized spacial score (nSPS) is 42.0. The van der Waals surface area contributed by atoms with Crippen LogP contribution >= 0.6 is 0 Å². The third-order valence-corrected chi connectivity index (χ3v) is 4.82. The van der Waals surface area contributed by atoms with Crippen LogP contribution in [-0.2, 0) is 28.5 Å². The van der Waals surface area contributed by atoms with Crippen LogP contribution in [0.25, 0.3) is 0 Å². The number of aliphatic hydroxyl groups is 2. The van der Waals surface area contributed by atoms with Gasteiger partial charge in [-0.3, -0.25) is 4.79 Å². The Labute approximate surface area is 141 Å². The maximum absolute atomic E-state index is 11.5. The zero-order valence-corrected chi connectivity index (χ0v) is 14.2. The van der Waals surface area contributed by atoms with Gasteiger partial charge in [-0.1, -0.05) is 0 Å². The van der Waals surface area contributed by atoms with E-state index in [1.807, 2.05) is 0 Å². The van der Waals surface area contributed by atoms with Crippen molar-refractivity contribution in [3.05, 3.63) is 0 Å². The summed E-state index contributed by atoms with van der Waals surface area (Å²) in [6.45, 7) is 3.16. The van der Waals surface area contributed by atoms with Gasteiger partial charge in [-0.05, 0) is 26.7 Å². The molecule has 0 aliphatic carbocycles. The molecule has 0 amide bonds. The lowest BCUT2D eigenvalue weighted by Gasteiger charge is -2.47. The third kappa shape index (κ3) is 3.44. The number of carbonyl (C=O) groups is 1. The lowest BCUT2D eigenvalue weighted by atomic mass is 9.87. The van der Waals surface area contributed by atoms with Crippen molar-refractivity contribution in [2.45, 2.75) is 81.6 Å². The predicted molar refractivity (Wildman–Crippen MR) is 80.1 cm³/mol. The zero-order chi connectivity index (χ0) is 17.5. The van der Waals surface area contributed by atoms with Crippen LogP contribution in [0.15, 0.2) is 0 Å². The number of fused-ring (bicyclic) bond motifs is 3. The lowest BCUT2D eigenvalue weighted by Crippen LogP contribution is -2.62. The van der Waals surface area contributed by atoms with E-state index in [1.165, 1.54) is 7.11 Å². The summed E-state index contributed by atoms with van der Waals surface area (Å²) in [7, 11) is 1.35. The molecule has 8 nitrogen and oxygen atoms in total. The molecule has 7 atom stereocenters. The van der Waals surface area contributed by atoms with Crippen LogP contribution in [-0.4, -0.2) is 78.4 Å². The third-order valence-electron chi connectivity index (χ3n) is 4.82. The highest BCUT2D eigenvalue weighted by molar-refractivity contribution is 5.69. The average molecular weight is 346 g/mol. The Hall–Kier alpha value is -0.770. The summed E-state index contributed by atoms with van der Waals surface area (Å²) in [5, 5.41) is 19.4. The molecular formula is C16H26O8. The van der Waals surface area contributed by atoms with Crippen molar-refractivity contribution < 1.29 is 38.7 Å². The van der Waals surface area contributed by atoms with Crippen LogP contribution in [0.2, 0.25) is 0 Å². The van der Waals surface area contributed by atoms with Gasteiger partial charge in [-0.2, -0.15) is 0 Å². The van der Waals surface area contributed by atoms with Gasteiger partial charge in [0.05, 0.1) is 32.3 Å². The van der Waals surface area contributed by atoms with E-state index in [4.69, 9.17) is 23.7 Å². The van der Waals surface area contributed by atoms with Gasteiger partial charge in [0.2, 0.25) is 0 Å². The summed E-state index contributed by atoms with van der Waals surface area (Å²) in [4.78, 5) is 11.5. The van der Waals surface area contributed by atoms with Crippen molar-refractivity contribution in [3.63, 3.8) is 0 Å². The maximum Gasteiger partial charge on any atom is 0.308 e. The average Bonchev–Trinajstić information content (AvgIpc) is 2.88. The van der Waals surface area contributed by atoms with Gasteiger partial charge >= 0.3 is 5.97 Å². The Morgan fingerprint density at radius 2 is 1.92 bits per heavy atom. The minimum atomic E-state index is -1.05. The molecule has 3 fully saturated rings. The van der Waals surface area contributed by atoms with Crippen molar-refractivity contribution in [1.82, 2.24) is 0 Å². The van der Waals surface area contributed by atoms with Crippen LogP contribution < -0.4 is 0 Å². The number of hydrogen-bond acceptors (Lipinski definition) is 8.